The van der Waals surface area contributed by atoms with Crippen LogP contribution in [0.15, 0.2) is 23.5 Å². The van der Waals surface area contributed by atoms with Crippen molar-refractivity contribution in [2.75, 3.05) is 5.75 Å². The van der Waals surface area contributed by atoms with Gasteiger partial charge in [0.2, 0.25) is 11.5 Å². The molecule has 9 heteroatoms. The van der Waals surface area contributed by atoms with Crippen LogP contribution < -0.4 is 0 Å². The summed E-state index contributed by atoms with van der Waals surface area (Å²) in [4.78, 5) is 53.0. The summed E-state index contributed by atoms with van der Waals surface area (Å²) in [5, 5.41) is 20.6. The maximum atomic E-state index is 13.6. The maximum absolute atomic E-state index is 13.6. The number of carboxylic acids is 1. The third kappa shape index (κ3) is 3.48. The summed E-state index contributed by atoms with van der Waals surface area (Å²) in [6.45, 7) is 9.09. The fourth-order valence-corrected chi connectivity index (χ4v) is 9.92. The van der Waals surface area contributed by atoms with Gasteiger partial charge >= 0.3 is 11.9 Å². The van der Waals surface area contributed by atoms with Gasteiger partial charge in [-0.15, -0.1) is 11.8 Å². The molecule has 8 nitrogen and oxygen atoms in total. The number of carbonyl (C=O) groups excluding carboxylic acids is 3. The molecule has 1 saturated heterocycles. The molecule has 1 heterocycles. The Kier molecular flexibility index (Phi) is 5.94. The standard InChI is InChI=1S/C28H37NO7S/c1-15(30)29-21(14-37-25(29,2)3)23(33)36-28(24(34)35)11-9-19-18-7-6-16-12-17(31)13-22(32)27(16,5)20(18)8-10-26(19,28)4/h12-13,18-21,31H,6-11,14H2,1-5H3,(H,34,35)/t18?,19?,20?,21-,26?,27?,28?/m0/s1. The summed E-state index contributed by atoms with van der Waals surface area (Å²) in [5.41, 5.74) is -2.20. The summed E-state index contributed by atoms with van der Waals surface area (Å²) in [5.74, 6) is -1.59. The molecule has 0 aromatic carbocycles. The predicted molar refractivity (Wildman–Crippen MR) is 137 cm³/mol. The maximum Gasteiger partial charge on any atom is 0.348 e. The number of thioether (sulfide) groups is 1. The first-order valence-electron chi connectivity index (χ1n) is 13.3. The molecular formula is C28H37NO7S. The highest BCUT2D eigenvalue weighted by atomic mass is 32.2. The lowest BCUT2D eigenvalue weighted by Crippen LogP contribution is -2.61. The molecule has 0 radical (unpaired) electrons. The number of rotatable bonds is 3. The van der Waals surface area contributed by atoms with E-state index in [1.165, 1.54) is 29.7 Å². The van der Waals surface area contributed by atoms with Gasteiger partial charge in [-0.25, -0.2) is 9.59 Å². The molecule has 0 aromatic heterocycles. The molecule has 6 unspecified atom stereocenters. The van der Waals surface area contributed by atoms with Crippen molar-refractivity contribution in [3.63, 3.8) is 0 Å². The topological polar surface area (TPSA) is 121 Å². The molecule has 2 N–H and O–H groups in total. The number of carboxylic acid groups (broad SMARTS) is 1. The van der Waals surface area contributed by atoms with E-state index < -0.39 is 39.3 Å². The summed E-state index contributed by atoms with van der Waals surface area (Å²) in [6, 6.07) is -0.826. The van der Waals surface area contributed by atoms with Gasteiger partial charge in [-0.2, -0.15) is 0 Å². The predicted octanol–water partition coefficient (Wildman–Crippen LogP) is 4.25. The van der Waals surface area contributed by atoms with Crippen molar-refractivity contribution in [3.8, 4) is 0 Å². The molecule has 0 aromatic rings. The van der Waals surface area contributed by atoms with Crippen LogP contribution in [0.5, 0.6) is 0 Å². The number of nitrogens with zero attached hydrogens (tertiary/aromatic N) is 1. The molecule has 1 amide bonds. The largest absolute Gasteiger partial charge is 0.508 e. The smallest absolute Gasteiger partial charge is 0.348 e. The van der Waals surface area contributed by atoms with Gasteiger partial charge in [0.25, 0.3) is 0 Å². The number of aliphatic hydroxyl groups is 1. The van der Waals surface area contributed by atoms with E-state index in [4.69, 9.17) is 4.74 Å². The SMILES string of the molecule is CC(=O)N1[C@H](C(=O)OC2(C(=O)O)CCC3C4CCC5=CC(O)=CC(=O)C5(C)C4CCC32C)CSC1(C)C. The Morgan fingerprint density at radius 3 is 2.38 bits per heavy atom. The first-order valence-corrected chi connectivity index (χ1v) is 14.2. The highest BCUT2D eigenvalue weighted by molar-refractivity contribution is 8.00. The number of fused-ring (bicyclic) bond motifs is 5. The second kappa shape index (κ2) is 8.35. The van der Waals surface area contributed by atoms with Crippen LogP contribution in [-0.4, -0.2) is 61.0 Å². The zero-order chi connectivity index (χ0) is 27.1. The first kappa shape index (κ1) is 26.3. The average molecular weight is 532 g/mol. The minimum absolute atomic E-state index is 0.00195. The Bertz CT molecular complexity index is 1140. The van der Waals surface area contributed by atoms with Crippen molar-refractivity contribution < 1.29 is 34.1 Å². The number of ketones is 1. The van der Waals surface area contributed by atoms with Crippen molar-refractivity contribution in [1.82, 2.24) is 4.90 Å². The first-order chi connectivity index (χ1) is 17.2. The highest BCUT2D eigenvalue weighted by Crippen LogP contribution is 2.68. The number of aliphatic carboxylic acids is 1. The summed E-state index contributed by atoms with van der Waals surface area (Å²) in [7, 11) is 0. The summed E-state index contributed by atoms with van der Waals surface area (Å²) in [6.07, 6.45) is 6.51. The van der Waals surface area contributed by atoms with E-state index in [1.54, 1.807) is 6.08 Å². The number of amides is 1. The zero-order valence-electron chi connectivity index (χ0n) is 22.2. The van der Waals surface area contributed by atoms with Crippen LogP contribution in [0.2, 0.25) is 0 Å². The van der Waals surface area contributed by atoms with Gasteiger partial charge in [0.05, 0.1) is 10.3 Å². The second-order valence-corrected chi connectivity index (χ2v) is 14.1. The molecule has 37 heavy (non-hydrogen) atoms. The zero-order valence-corrected chi connectivity index (χ0v) is 23.0. The van der Waals surface area contributed by atoms with Gasteiger partial charge in [-0.05, 0) is 83.1 Å². The quantitative estimate of drug-likeness (QED) is 0.519. The molecule has 5 aliphatic rings. The normalized spacial score (nSPS) is 42.2. The van der Waals surface area contributed by atoms with E-state index in [0.717, 1.165) is 12.0 Å². The van der Waals surface area contributed by atoms with Crippen LogP contribution in [0, 0.1) is 28.6 Å². The summed E-state index contributed by atoms with van der Waals surface area (Å²) >= 11 is 1.48. The Morgan fingerprint density at radius 1 is 1.05 bits per heavy atom. The van der Waals surface area contributed by atoms with Crippen molar-refractivity contribution in [2.45, 2.75) is 89.7 Å². The lowest BCUT2D eigenvalue weighted by Gasteiger charge is -2.57. The molecular weight excluding hydrogens is 494 g/mol. The molecule has 0 spiro atoms. The minimum Gasteiger partial charge on any atom is -0.508 e. The van der Waals surface area contributed by atoms with Gasteiger partial charge in [-0.1, -0.05) is 12.5 Å². The van der Waals surface area contributed by atoms with E-state index >= 15 is 0 Å². The van der Waals surface area contributed by atoms with Gasteiger partial charge < -0.3 is 19.8 Å². The van der Waals surface area contributed by atoms with E-state index in [9.17, 15) is 29.4 Å². The number of hydrogen-bond acceptors (Lipinski definition) is 7. The Hall–Kier alpha value is -2.29. The lowest BCUT2D eigenvalue weighted by molar-refractivity contribution is -0.204. The van der Waals surface area contributed by atoms with E-state index in [-0.39, 0.29) is 41.6 Å². The van der Waals surface area contributed by atoms with E-state index in [2.05, 4.69) is 0 Å². The van der Waals surface area contributed by atoms with Crippen LogP contribution in [0.1, 0.15) is 73.1 Å². The number of hydrogen-bond donors (Lipinski definition) is 2. The van der Waals surface area contributed by atoms with Gasteiger partial charge in [0.15, 0.2) is 5.78 Å². The van der Waals surface area contributed by atoms with E-state index in [1.807, 2.05) is 27.7 Å². The van der Waals surface area contributed by atoms with Gasteiger partial charge in [0, 0.05) is 24.2 Å². The molecule has 4 aliphatic carbocycles. The molecule has 3 saturated carbocycles. The minimum atomic E-state index is -1.68. The molecule has 5 rings (SSSR count). The van der Waals surface area contributed by atoms with E-state index in [0.29, 0.717) is 31.4 Å². The second-order valence-electron chi connectivity index (χ2n) is 12.4. The fourth-order valence-electron chi connectivity index (χ4n) is 8.67. The number of allylic oxidation sites excluding steroid dienone is 3. The van der Waals surface area contributed by atoms with Crippen LogP contribution in [0.25, 0.3) is 0 Å². The van der Waals surface area contributed by atoms with Crippen LogP contribution >= 0.6 is 11.8 Å². The fraction of sp³-hybridized carbons (Fsp3) is 0.714. The van der Waals surface area contributed by atoms with Crippen LogP contribution in [-0.2, 0) is 23.9 Å². The van der Waals surface area contributed by atoms with Crippen molar-refractivity contribution >= 4 is 35.4 Å². The summed E-state index contributed by atoms with van der Waals surface area (Å²) < 4.78 is 6.07. The van der Waals surface area contributed by atoms with Crippen molar-refractivity contribution in [2.24, 2.45) is 28.6 Å². The molecule has 7 atom stereocenters. The van der Waals surface area contributed by atoms with Crippen LogP contribution in [0.3, 0.4) is 0 Å². The average Bonchev–Trinajstić information content (AvgIpc) is 3.29. The third-order valence-electron chi connectivity index (χ3n) is 10.5. The monoisotopic (exact) mass is 531 g/mol. The Morgan fingerprint density at radius 2 is 1.73 bits per heavy atom. The van der Waals surface area contributed by atoms with Crippen molar-refractivity contribution in [3.05, 3.63) is 23.5 Å². The number of aliphatic hydroxyl groups excluding tert-OH is 1. The molecule has 4 fully saturated rings. The number of esters is 1. The molecule has 202 valence electrons. The third-order valence-corrected chi connectivity index (χ3v) is 11.9. The molecule has 0 bridgehead atoms. The number of ether oxygens (including phenoxy) is 1. The number of carbonyl (C=O) groups is 4. The molecule has 1 aliphatic heterocycles. The van der Waals surface area contributed by atoms with Crippen molar-refractivity contribution in [1.29, 1.82) is 0 Å². The Labute approximate surface area is 221 Å². The highest BCUT2D eigenvalue weighted by Gasteiger charge is 2.70. The lowest BCUT2D eigenvalue weighted by atomic mass is 9.46. The van der Waals surface area contributed by atoms with Crippen LogP contribution in [0.4, 0.5) is 0 Å². The van der Waals surface area contributed by atoms with Gasteiger partial charge in [0.1, 0.15) is 11.8 Å². The Balaban J connectivity index is 1.45. The van der Waals surface area contributed by atoms with Gasteiger partial charge in [-0.3, -0.25) is 9.59 Å².